The van der Waals surface area contributed by atoms with Crippen LogP contribution in [0.3, 0.4) is 0 Å². The van der Waals surface area contributed by atoms with Crippen molar-refractivity contribution in [2.45, 2.75) is 0 Å². The number of nitrogens with zero attached hydrogens (tertiary/aromatic N) is 3. The lowest BCUT2D eigenvalue weighted by atomic mass is 9.97. The largest absolute Gasteiger partial charge is 0.309 e. The van der Waals surface area contributed by atoms with E-state index in [2.05, 4.69) is 203 Å². The van der Waals surface area contributed by atoms with Crippen LogP contribution in [0.2, 0.25) is 0 Å². The summed E-state index contributed by atoms with van der Waals surface area (Å²) in [5.74, 6) is 0. The summed E-state index contributed by atoms with van der Waals surface area (Å²) in [6.07, 6.45) is 3.82. The number of pyridine rings is 1. The van der Waals surface area contributed by atoms with Crippen LogP contribution in [0.1, 0.15) is 0 Å². The quantitative estimate of drug-likeness (QED) is 0.184. The summed E-state index contributed by atoms with van der Waals surface area (Å²) in [6.45, 7) is 0. The maximum absolute atomic E-state index is 4.41. The second-order valence-corrected chi connectivity index (χ2v) is 14.0. The predicted octanol–water partition coefficient (Wildman–Crippen LogP) is 13.8. The fourth-order valence-corrected chi connectivity index (χ4v) is 8.54. The molecule has 0 saturated heterocycles. The van der Waals surface area contributed by atoms with Gasteiger partial charge < -0.3 is 9.47 Å². The van der Waals surface area contributed by atoms with E-state index >= 15 is 0 Å². The Morgan fingerprint density at radius 3 is 1.96 bits per heavy atom. The standard InChI is InChI=1S/C51H33N3/c1-2-12-38-32-41(28-27-34(38)11-1)54-48-21-7-4-17-44(48)50-43-16-3-6-20-47(43)53(49-22-8-5-18-45(49)51(50)54)40-15-9-14-39(31-40)35-23-25-37(26-24-35)42-19-10-13-36-29-30-52-33-46(36)42/h1-33H. The summed E-state index contributed by atoms with van der Waals surface area (Å²) < 4.78 is 2.47. The molecule has 11 rings (SSSR count). The molecular formula is C51H33N3. The fourth-order valence-electron chi connectivity index (χ4n) is 8.54. The van der Waals surface area contributed by atoms with Gasteiger partial charge in [0.1, 0.15) is 0 Å². The van der Waals surface area contributed by atoms with E-state index in [0.29, 0.717) is 0 Å². The van der Waals surface area contributed by atoms with Crippen LogP contribution in [0.5, 0.6) is 0 Å². The smallest absolute Gasteiger partial charge is 0.0641 e. The lowest BCUT2D eigenvalue weighted by Crippen LogP contribution is -2.11. The summed E-state index contributed by atoms with van der Waals surface area (Å²) in [7, 11) is 0. The Morgan fingerprint density at radius 1 is 0.389 bits per heavy atom. The monoisotopic (exact) mass is 687 g/mol. The Hall–Kier alpha value is -7.23. The van der Waals surface area contributed by atoms with Crippen LogP contribution in [-0.2, 0) is 0 Å². The van der Waals surface area contributed by atoms with Gasteiger partial charge in [-0.25, -0.2) is 0 Å². The Kier molecular flexibility index (Phi) is 6.86. The average molecular weight is 688 g/mol. The SMILES string of the molecule is c1cc(-c2ccc(-c3cccc4ccncc34)cc2)cc(N2c3ccccc3-c3c(n(-c4ccc5ccccc5c4)c4ccccc34)-c3ccccc32)c1. The molecule has 0 N–H and O–H groups in total. The number of aromatic nitrogens is 2. The van der Waals surface area contributed by atoms with E-state index in [0.717, 1.165) is 28.1 Å². The minimum Gasteiger partial charge on any atom is -0.309 e. The van der Waals surface area contributed by atoms with Gasteiger partial charge in [0, 0.05) is 51.2 Å². The van der Waals surface area contributed by atoms with E-state index < -0.39 is 0 Å². The summed E-state index contributed by atoms with van der Waals surface area (Å²) in [6, 6.07) is 68.5. The second kappa shape index (κ2) is 12.2. The third-order valence-corrected chi connectivity index (χ3v) is 11.0. The molecule has 3 heterocycles. The number of rotatable bonds is 4. The number of fused-ring (bicyclic) bond motifs is 9. The number of benzene rings is 8. The Balaban J connectivity index is 1.09. The van der Waals surface area contributed by atoms with E-state index in [1.54, 1.807) is 0 Å². The molecule has 3 nitrogen and oxygen atoms in total. The molecule has 252 valence electrons. The van der Waals surface area contributed by atoms with Crippen molar-refractivity contribution in [2.24, 2.45) is 0 Å². The summed E-state index contributed by atoms with van der Waals surface area (Å²) in [5.41, 5.74) is 15.3. The van der Waals surface area contributed by atoms with Gasteiger partial charge in [-0.3, -0.25) is 4.98 Å². The van der Waals surface area contributed by atoms with Crippen molar-refractivity contribution in [2.75, 3.05) is 4.90 Å². The van der Waals surface area contributed by atoms with E-state index in [1.807, 2.05) is 12.4 Å². The van der Waals surface area contributed by atoms with E-state index in [4.69, 9.17) is 0 Å². The van der Waals surface area contributed by atoms with Crippen LogP contribution in [0.4, 0.5) is 17.1 Å². The van der Waals surface area contributed by atoms with Gasteiger partial charge in [-0.2, -0.15) is 0 Å². The molecule has 0 amide bonds. The zero-order valence-electron chi connectivity index (χ0n) is 29.4. The topological polar surface area (TPSA) is 21.1 Å². The van der Waals surface area contributed by atoms with Gasteiger partial charge >= 0.3 is 0 Å². The van der Waals surface area contributed by atoms with Gasteiger partial charge in [0.2, 0.25) is 0 Å². The van der Waals surface area contributed by atoms with E-state index in [9.17, 15) is 0 Å². The van der Waals surface area contributed by atoms with Gasteiger partial charge in [-0.05, 0) is 86.9 Å². The highest BCUT2D eigenvalue weighted by Crippen LogP contribution is 2.54. The lowest BCUT2D eigenvalue weighted by molar-refractivity contribution is 1.14. The van der Waals surface area contributed by atoms with Crippen molar-refractivity contribution in [1.82, 2.24) is 9.55 Å². The molecule has 0 fully saturated rings. The molecule has 1 aliphatic heterocycles. The van der Waals surface area contributed by atoms with Crippen LogP contribution in [0.25, 0.3) is 82.8 Å². The molecule has 0 bridgehead atoms. The van der Waals surface area contributed by atoms with Crippen LogP contribution in [-0.4, -0.2) is 9.55 Å². The maximum Gasteiger partial charge on any atom is 0.0641 e. The minimum atomic E-state index is 1.11. The highest BCUT2D eigenvalue weighted by molar-refractivity contribution is 6.13. The molecule has 0 spiro atoms. The van der Waals surface area contributed by atoms with Gasteiger partial charge in [-0.1, -0.05) is 140 Å². The molecule has 8 aromatic carbocycles. The molecule has 0 atom stereocenters. The van der Waals surface area contributed by atoms with Crippen molar-refractivity contribution < 1.29 is 0 Å². The first-order valence-corrected chi connectivity index (χ1v) is 18.5. The van der Waals surface area contributed by atoms with Crippen LogP contribution < -0.4 is 4.90 Å². The van der Waals surface area contributed by atoms with Gasteiger partial charge in [0.25, 0.3) is 0 Å². The van der Waals surface area contributed by atoms with Crippen molar-refractivity contribution >= 4 is 49.5 Å². The Bertz CT molecular complexity index is 3060. The molecule has 0 saturated carbocycles. The molecule has 1 aliphatic rings. The lowest BCUT2D eigenvalue weighted by Gasteiger charge is -2.28. The molecule has 0 unspecified atom stereocenters. The zero-order valence-corrected chi connectivity index (χ0v) is 29.4. The Labute approximate surface area is 313 Å². The summed E-state index contributed by atoms with van der Waals surface area (Å²) >= 11 is 0. The predicted molar refractivity (Wildman–Crippen MR) is 226 cm³/mol. The van der Waals surface area contributed by atoms with Gasteiger partial charge in [0.05, 0.1) is 22.6 Å². The minimum absolute atomic E-state index is 1.11. The van der Waals surface area contributed by atoms with E-state index in [1.165, 1.54) is 71.7 Å². The molecular weight excluding hydrogens is 655 g/mol. The number of para-hydroxylation sites is 3. The van der Waals surface area contributed by atoms with Crippen molar-refractivity contribution in [1.29, 1.82) is 0 Å². The van der Waals surface area contributed by atoms with Crippen molar-refractivity contribution in [3.05, 3.63) is 200 Å². The molecule has 0 radical (unpaired) electrons. The third kappa shape index (κ3) is 4.72. The van der Waals surface area contributed by atoms with E-state index in [-0.39, 0.29) is 0 Å². The third-order valence-electron chi connectivity index (χ3n) is 11.0. The first-order valence-electron chi connectivity index (χ1n) is 18.5. The van der Waals surface area contributed by atoms with Gasteiger partial charge in [0.15, 0.2) is 0 Å². The van der Waals surface area contributed by atoms with Gasteiger partial charge in [-0.15, -0.1) is 0 Å². The second-order valence-electron chi connectivity index (χ2n) is 14.0. The molecule has 3 heteroatoms. The van der Waals surface area contributed by atoms with Crippen LogP contribution >= 0.6 is 0 Å². The van der Waals surface area contributed by atoms with Crippen molar-refractivity contribution in [3.8, 4) is 50.3 Å². The molecule has 54 heavy (non-hydrogen) atoms. The molecule has 10 aromatic rings. The first-order chi connectivity index (χ1) is 26.8. The van der Waals surface area contributed by atoms with Crippen LogP contribution in [0, 0.1) is 0 Å². The fraction of sp³-hybridized carbons (Fsp3) is 0. The highest BCUT2D eigenvalue weighted by atomic mass is 15.2. The maximum atomic E-state index is 4.41. The Morgan fingerprint density at radius 2 is 1.07 bits per heavy atom. The number of hydrogen-bond donors (Lipinski definition) is 0. The van der Waals surface area contributed by atoms with Crippen molar-refractivity contribution in [3.63, 3.8) is 0 Å². The normalized spacial score (nSPS) is 12.0. The van der Waals surface area contributed by atoms with Crippen LogP contribution in [0.15, 0.2) is 200 Å². The highest BCUT2D eigenvalue weighted by Gasteiger charge is 2.31. The number of hydrogen-bond acceptors (Lipinski definition) is 2. The first kappa shape index (κ1) is 30.4. The summed E-state index contributed by atoms with van der Waals surface area (Å²) in [4.78, 5) is 6.86. The summed E-state index contributed by atoms with van der Waals surface area (Å²) in [5, 5.41) is 6.06. The molecule has 0 aliphatic carbocycles. The zero-order chi connectivity index (χ0) is 35.6. The average Bonchev–Trinajstić information content (AvgIpc) is 3.52. The number of anilines is 3. The molecule has 2 aromatic heterocycles.